The third-order valence-electron chi connectivity index (χ3n) is 1.77. The summed E-state index contributed by atoms with van der Waals surface area (Å²) in [4.78, 5) is 14.0. The molecule has 0 saturated heterocycles. The van der Waals surface area contributed by atoms with Gasteiger partial charge in [0.05, 0.1) is 22.9 Å². The van der Waals surface area contributed by atoms with Crippen LogP contribution in [0.15, 0.2) is 12.1 Å². The molecule has 0 amide bonds. The van der Waals surface area contributed by atoms with E-state index in [1.54, 1.807) is 0 Å². The Kier molecular flexibility index (Phi) is 3.48. The molecular formula is C9H8F3N2O2-. The van der Waals surface area contributed by atoms with Crippen molar-refractivity contribution >= 4 is 5.97 Å². The van der Waals surface area contributed by atoms with E-state index in [0.717, 1.165) is 6.07 Å². The van der Waals surface area contributed by atoms with Crippen LogP contribution < -0.4 is 10.4 Å². The standard InChI is InChI=1S/C9H9F3N2O2/c1-13-4-6-2-5(9(10,11)12)3-7(14-6)8(15)16/h2-3,13H,4H2,1H3,(H,15,16)/p-1. The Hall–Kier alpha value is -1.63. The predicted octanol–water partition coefficient (Wildman–Crippen LogP) is 0.183. The van der Waals surface area contributed by atoms with Crippen LogP contribution in [0, 0.1) is 0 Å². The molecule has 0 unspecified atom stereocenters. The zero-order valence-electron chi connectivity index (χ0n) is 8.26. The summed E-state index contributed by atoms with van der Waals surface area (Å²) in [7, 11) is 1.51. The summed E-state index contributed by atoms with van der Waals surface area (Å²) in [6, 6.07) is 1.25. The normalized spacial score (nSPS) is 11.5. The van der Waals surface area contributed by atoms with Crippen molar-refractivity contribution in [2.75, 3.05) is 7.05 Å². The van der Waals surface area contributed by atoms with Crippen LogP contribution in [0.2, 0.25) is 0 Å². The number of aromatic carboxylic acids is 1. The third-order valence-corrected chi connectivity index (χ3v) is 1.77. The molecule has 7 heteroatoms. The van der Waals surface area contributed by atoms with Crippen LogP contribution in [-0.4, -0.2) is 18.0 Å². The van der Waals surface area contributed by atoms with Crippen molar-refractivity contribution in [1.82, 2.24) is 10.3 Å². The van der Waals surface area contributed by atoms with Crippen molar-refractivity contribution in [3.05, 3.63) is 29.1 Å². The first-order valence-electron chi connectivity index (χ1n) is 4.28. The second-order valence-corrected chi connectivity index (χ2v) is 3.05. The van der Waals surface area contributed by atoms with Crippen molar-refractivity contribution in [3.63, 3.8) is 0 Å². The molecule has 0 aliphatic rings. The van der Waals surface area contributed by atoms with Gasteiger partial charge in [-0.05, 0) is 19.2 Å². The van der Waals surface area contributed by atoms with E-state index in [4.69, 9.17) is 0 Å². The Morgan fingerprint density at radius 1 is 1.50 bits per heavy atom. The third kappa shape index (κ3) is 2.93. The lowest BCUT2D eigenvalue weighted by molar-refractivity contribution is -0.255. The van der Waals surface area contributed by atoms with Crippen LogP contribution in [0.25, 0.3) is 0 Å². The maximum Gasteiger partial charge on any atom is 0.416 e. The van der Waals surface area contributed by atoms with Gasteiger partial charge in [0.2, 0.25) is 0 Å². The lowest BCUT2D eigenvalue weighted by Gasteiger charge is -2.11. The highest BCUT2D eigenvalue weighted by Crippen LogP contribution is 2.29. The number of pyridine rings is 1. The lowest BCUT2D eigenvalue weighted by Crippen LogP contribution is -2.25. The number of hydrogen-bond acceptors (Lipinski definition) is 4. The van der Waals surface area contributed by atoms with Crippen molar-refractivity contribution < 1.29 is 23.1 Å². The van der Waals surface area contributed by atoms with Gasteiger partial charge >= 0.3 is 6.18 Å². The molecule has 1 heterocycles. The molecule has 0 aliphatic heterocycles. The summed E-state index contributed by atoms with van der Waals surface area (Å²) in [6.45, 7) is 0.0458. The molecule has 0 atom stereocenters. The molecule has 0 radical (unpaired) electrons. The van der Waals surface area contributed by atoms with Gasteiger partial charge in [-0.1, -0.05) is 0 Å². The molecule has 88 valence electrons. The smallest absolute Gasteiger partial charge is 0.416 e. The SMILES string of the molecule is CNCc1cc(C(F)(F)F)cc(C(=O)[O-])n1. The minimum absolute atomic E-state index is 0.00322. The van der Waals surface area contributed by atoms with E-state index < -0.39 is 23.4 Å². The number of carboxylic acids is 1. The number of carbonyl (C=O) groups excluding carboxylic acids is 1. The van der Waals surface area contributed by atoms with Crippen LogP contribution in [0.4, 0.5) is 13.2 Å². The zero-order valence-corrected chi connectivity index (χ0v) is 8.26. The van der Waals surface area contributed by atoms with E-state index in [0.29, 0.717) is 6.07 Å². The fraction of sp³-hybridized carbons (Fsp3) is 0.333. The first kappa shape index (κ1) is 12.4. The Morgan fingerprint density at radius 2 is 2.12 bits per heavy atom. The highest BCUT2D eigenvalue weighted by Gasteiger charge is 2.31. The minimum atomic E-state index is -4.60. The number of nitrogens with zero attached hydrogens (tertiary/aromatic N) is 1. The molecule has 1 aromatic heterocycles. The van der Waals surface area contributed by atoms with E-state index in [1.807, 2.05) is 0 Å². The number of carboxylic acid groups (broad SMARTS) is 1. The average Bonchev–Trinajstić information content (AvgIpc) is 2.16. The van der Waals surface area contributed by atoms with Gasteiger partial charge in [0.1, 0.15) is 0 Å². The summed E-state index contributed by atoms with van der Waals surface area (Å²) in [5.74, 6) is -1.73. The quantitative estimate of drug-likeness (QED) is 0.809. The molecule has 0 aliphatic carbocycles. The van der Waals surface area contributed by atoms with Crippen molar-refractivity contribution in [2.45, 2.75) is 12.7 Å². The number of aromatic nitrogens is 1. The number of hydrogen-bond donors (Lipinski definition) is 1. The predicted molar refractivity (Wildman–Crippen MR) is 46.3 cm³/mol. The molecule has 0 aromatic carbocycles. The molecule has 0 fully saturated rings. The highest BCUT2D eigenvalue weighted by atomic mass is 19.4. The summed E-state index contributed by atoms with van der Waals surface area (Å²) < 4.78 is 37.2. The molecular weight excluding hydrogens is 225 g/mol. The number of halogens is 3. The van der Waals surface area contributed by atoms with Gasteiger partial charge < -0.3 is 15.2 Å². The fourth-order valence-electron chi connectivity index (χ4n) is 1.13. The number of nitrogens with one attached hydrogen (secondary N) is 1. The number of alkyl halides is 3. The van der Waals surface area contributed by atoms with Crippen LogP contribution in [0.3, 0.4) is 0 Å². The van der Waals surface area contributed by atoms with Crippen molar-refractivity contribution in [3.8, 4) is 0 Å². The number of carbonyl (C=O) groups is 1. The molecule has 4 nitrogen and oxygen atoms in total. The van der Waals surface area contributed by atoms with Gasteiger partial charge in [0, 0.05) is 6.54 Å². The molecule has 0 saturated carbocycles. The summed E-state index contributed by atoms with van der Waals surface area (Å²) in [5.41, 5.74) is -1.77. The van der Waals surface area contributed by atoms with Gasteiger partial charge in [-0.15, -0.1) is 0 Å². The van der Waals surface area contributed by atoms with E-state index in [-0.39, 0.29) is 12.2 Å². The van der Waals surface area contributed by atoms with Crippen molar-refractivity contribution in [2.24, 2.45) is 0 Å². The lowest BCUT2D eigenvalue weighted by atomic mass is 10.2. The second kappa shape index (κ2) is 4.48. The Labute approximate surface area is 89.1 Å². The van der Waals surface area contributed by atoms with Crippen molar-refractivity contribution in [1.29, 1.82) is 0 Å². The molecule has 1 aromatic rings. The maximum atomic E-state index is 12.4. The minimum Gasteiger partial charge on any atom is -0.543 e. The average molecular weight is 233 g/mol. The molecule has 0 bridgehead atoms. The molecule has 1 rings (SSSR count). The topological polar surface area (TPSA) is 65.0 Å². The number of rotatable bonds is 3. The summed E-state index contributed by atoms with van der Waals surface area (Å²) in [6.07, 6.45) is -4.60. The van der Waals surface area contributed by atoms with Crippen LogP contribution in [0.1, 0.15) is 21.7 Å². The van der Waals surface area contributed by atoms with Gasteiger partial charge in [-0.2, -0.15) is 13.2 Å². The first-order valence-corrected chi connectivity index (χ1v) is 4.28. The van der Waals surface area contributed by atoms with Crippen LogP contribution in [-0.2, 0) is 12.7 Å². The maximum absolute atomic E-state index is 12.4. The van der Waals surface area contributed by atoms with E-state index >= 15 is 0 Å². The first-order chi connectivity index (χ1) is 7.34. The van der Waals surface area contributed by atoms with Gasteiger partial charge in [-0.25, -0.2) is 0 Å². The van der Waals surface area contributed by atoms with Gasteiger partial charge in [0.25, 0.3) is 0 Å². The van der Waals surface area contributed by atoms with E-state index in [2.05, 4.69) is 10.3 Å². The highest BCUT2D eigenvalue weighted by molar-refractivity contribution is 5.83. The van der Waals surface area contributed by atoms with Gasteiger partial charge in [-0.3, -0.25) is 4.98 Å². The Balaban J connectivity index is 3.24. The molecule has 0 spiro atoms. The van der Waals surface area contributed by atoms with Gasteiger partial charge in [0.15, 0.2) is 0 Å². The fourth-order valence-corrected chi connectivity index (χ4v) is 1.13. The molecule has 1 N–H and O–H groups in total. The monoisotopic (exact) mass is 233 g/mol. The summed E-state index contributed by atoms with van der Waals surface area (Å²) in [5, 5.41) is 13.1. The Morgan fingerprint density at radius 3 is 2.56 bits per heavy atom. The molecule has 16 heavy (non-hydrogen) atoms. The Bertz CT molecular complexity index is 404. The zero-order chi connectivity index (χ0) is 12.3. The largest absolute Gasteiger partial charge is 0.543 e. The second-order valence-electron chi connectivity index (χ2n) is 3.05. The van der Waals surface area contributed by atoms with E-state index in [9.17, 15) is 23.1 Å². The van der Waals surface area contributed by atoms with E-state index in [1.165, 1.54) is 7.05 Å². The summed E-state index contributed by atoms with van der Waals surface area (Å²) >= 11 is 0. The van der Waals surface area contributed by atoms with Crippen LogP contribution >= 0.6 is 0 Å². The van der Waals surface area contributed by atoms with Crippen LogP contribution in [0.5, 0.6) is 0 Å².